The molecule has 3 aromatic heterocycles. The van der Waals surface area contributed by atoms with Crippen LogP contribution in [-0.4, -0.2) is 43.1 Å². The van der Waals surface area contributed by atoms with Gasteiger partial charge in [0.25, 0.3) is 5.91 Å². The zero-order valence-electron chi connectivity index (χ0n) is 16.0. The van der Waals surface area contributed by atoms with Gasteiger partial charge in [-0.25, -0.2) is 4.98 Å². The van der Waals surface area contributed by atoms with Crippen LogP contribution in [0, 0.1) is 13.8 Å². The summed E-state index contributed by atoms with van der Waals surface area (Å²) in [6.07, 6.45) is 3.46. The van der Waals surface area contributed by atoms with Gasteiger partial charge in [-0.3, -0.25) is 14.6 Å². The van der Waals surface area contributed by atoms with Gasteiger partial charge in [0, 0.05) is 25.2 Å². The number of aromatic amines is 1. The molecule has 1 aromatic carbocycles. The molecule has 0 bridgehead atoms. The lowest BCUT2D eigenvalue weighted by Gasteiger charge is -2.12. The average molecular weight is 376 g/mol. The minimum atomic E-state index is -0.257. The summed E-state index contributed by atoms with van der Waals surface area (Å²) in [4.78, 5) is 17.1. The predicted octanol–water partition coefficient (Wildman–Crippen LogP) is 2.66. The van der Waals surface area contributed by atoms with Gasteiger partial charge in [0.2, 0.25) is 0 Å². The Morgan fingerprint density at radius 1 is 1.21 bits per heavy atom. The lowest BCUT2D eigenvalue weighted by atomic mass is 10.1. The summed E-state index contributed by atoms with van der Waals surface area (Å²) in [5.74, 6) is -0.257. The molecule has 9 nitrogen and oxygen atoms in total. The number of aryl methyl sites for hydroxylation is 1. The Morgan fingerprint density at radius 2 is 2.04 bits per heavy atom. The number of pyridine rings is 1. The molecule has 28 heavy (non-hydrogen) atoms. The fraction of sp³-hybridized carbons (Fsp3) is 0.211. The highest BCUT2D eigenvalue weighted by atomic mass is 16.1. The van der Waals surface area contributed by atoms with Crippen LogP contribution < -0.4 is 10.6 Å². The number of hydrogen-bond donors (Lipinski definition) is 3. The normalized spacial score (nSPS) is 11.0. The molecule has 0 aliphatic rings. The molecule has 0 atom stereocenters. The van der Waals surface area contributed by atoms with Crippen LogP contribution in [0.4, 0.5) is 11.4 Å². The Hall–Kier alpha value is -3.75. The van der Waals surface area contributed by atoms with Crippen molar-refractivity contribution >= 4 is 28.2 Å². The number of fused-ring (bicyclic) bond motifs is 1. The first kappa shape index (κ1) is 17.7. The van der Waals surface area contributed by atoms with Crippen molar-refractivity contribution in [3.63, 3.8) is 0 Å². The SMILES string of the molecule is CNc1cnc(C(=O)Nc2ccc3[nH]nc(-c4cn(C)nn4)c3c2)c(C)c1C. The van der Waals surface area contributed by atoms with E-state index < -0.39 is 0 Å². The van der Waals surface area contributed by atoms with Crippen molar-refractivity contribution in [1.82, 2.24) is 30.2 Å². The minimum absolute atomic E-state index is 0.257. The third kappa shape index (κ3) is 2.96. The van der Waals surface area contributed by atoms with Gasteiger partial charge in [-0.15, -0.1) is 5.10 Å². The summed E-state index contributed by atoms with van der Waals surface area (Å²) in [6, 6.07) is 5.56. The zero-order chi connectivity index (χ0) is 19.8. The second kappa shape index (κ2) is 6.76. The highest BCUT2D eigenvalue weighted by Crippen LogP contribution is 2.27. The van der Waals surface area contributed by atoms with Crippen molar-refractivity contribution < 1.29 is 4.79 Å². The lowest BCUT2D eigenvalue weighted by Crippen LogP contribution is -2.16. The van der Waals surface area contributed by atoms with Gasteiger partial charge >= 0.3 is 0 Å². The highest BCUT2D eigenvalue weighted by Gasteiger charge is 2.16. The summed E-state index contributed by atoms with van der Waals surface area (Å²) in [6.45, 7) is 3.86. The Bertz CT molecular complexity index is 1190. The monoisotopic (exact) mass is 376 g/mol. The Labute approximate surface area is 161 Å². The van der Waals surface area contributed by atoms with E-state index in [4.69, 9.17) is 0 Å². The first-order valence-electron chi connectivity index (χ1n) is 8.78. The van der Waals surface area contributed by atoms with Crippen LogP contribution >= 0.6 is 0 Å². The number of carbonyl (C=O) groups excluding carboxylic acids is 1. The Morgan fingerprint density at radius 3 is 2.75 bits per heavy atom. The molecule has 142 valence electrons. The molecule has 0 radical (unpaired) electrons. The van der Waals surface area contributed by atoms with Crippen LogP contribution in [0.25, 0.3) is 22.3 Å². The van der Waals surface area contributed by atoms with Gasteiger partial charge < -0.3 is 10.6 Å². The maximum absolute atomic E-state index is 12.8. The molecule has 0 spiro atoms. The molecule has 0 saturated carbocycles. The van der Waals surface area contributed by atoms with Gasteiger partial charge in [-0.1, -0.05) is 5.21 Å². The van der Waals surface area contributed by atoms with E-state index in [0.717, 1.165) is 27.7 Å². The standard InChI is InChI=1S/C19H20N8O/c1-10-11(2)17(21-8-15(10)20-3)19(28)22-12-5-6-14-13(7-12)18(25-23-14)16-9-27(4)26-24-16/h5-9,20H,1-4H3,(H,22,28)(H,23,25). The number of benzene rings is 1. The topological polar surface area (TPSA) is 113 Å². The summed E-state index contributed by atoms with van der Waals surface area (Å²) in [5.41, 5.74) is 5.99. The van der Waals surface area contributed by atoms with E-state index in [1.165, 1.54) is 0 Å². The summed E-state index contributed by atoms with van der Waals surface area (Å²) in [7, 11) is 3.63. The molecule has 1 amide bonds. The van der Waals surface area contributed by atoms with Gasteiger partial charge in [-0.2, -0.15) is 5.10 Å². The molecule has 4 aromatic rings. The van der Waals surface area contributed by atoms with E-state index in [2.05, 4.69) is 36.1 Å². The van der Waals surface area contributed by atoms with Crippen molar-refractivity contribution in [2.24, 2.45) is 7.05 Å². The number of nitrogens with zero attached hydrogens (tertiary/aromatic N) is 5. The fourth-order valence-electron chi connectivity index (χ4n) is 3.12. The molecule has 0 fully saturated rings. The third-order valence-corrected chi connectivity index (χ3v) is 4.79. The van der Waals surface area contributed by atoms with Crippen LogP contribution in [0.5, 0.6) is 0 Å². The number of hydrogen-bond acceptors (Lipinski definition) is 6. The van der Waals surface area contributed by atoms with Crippen molar-refractivity contribution in [3.05, 3.63) is 47.4 Å². The largest absolute Gasteiger partial charge is 0.387 e. The number of aromatic nitrogens is 6. The Kier molecular flexibility index (Phi) is 4.26. The van der Waals surface area contributed by atoms with Gasteiger partial charge in [0.05, 0.1) is 23.6 Å². The molecule has 0 unspecified atom stereocenters. The van der Waals surface area contributed by atoms with E-state index in [1.54, 1.807) is 24.1 Å². The van der Waals surface area contributed by atoms with Crippen LogP contribution in [0.2, 0.25) is 0 Å². The van der Waals surface area contributed by atoms with Crippen LogP contribution in [-0.2, 0) is 7.05 Å². The van der Waals surface area contributed by atoms with Gasteiger partial charge in [0.15, 0.2) is 0 Å². The van der Waals surface area contributed by atoms with Gasteiger partial charge in [-0.05, 0) is 43.2 Å². The van der Waals surface area contributed by atoms with Gasteiger partial charge in [0.1, 0.15) is 17.1 Å². The molecule has 3 N–H and O–H groups in total. The number of nitrogens with one attached hydrogen (secondary N) is 3. The van der Waals surface area contributed by atoms with Crippen LogP contribution in [0.15, 0.2) is 30.6 Å². The Balaban J connectivity index is 1.67. The van der Waals surface area contributed by atoms with Crippen molar-refractivity contribution in [2.75, 3.05) is 17.7 Å². The van der Waals surface area contributed by atoms with Crippen molar-refractivity contribution in [3.8, 4) is 11.4 Å². The molecular formula is C19H20N8O. The quantitative estimate of drug-likeness (QED) is 0.505. The second-order valence-electron chi connectivity index (χ2n) is 6.58. The number of amides is 1. The minimum Gasteiger partial charge on any atom is -0.387 e. The third-order valence-electron chi connectivity index (χ3n) is 4.79. The highest BCUT2D eigenvalue weighted by molar-refractivity contribution is 6.05. The number of H-pyrrole nitrogens is 1. The molecule has 9 heteroatoms. The van der Waals surface area contributed by atoms with E-state index in [1.807, 2.05) is 39.1 Å². The second-order valence-corrected chi connectivity index (χ2v) is 6.58. The van der Waals surface area contributed by atoms with Crippen LogP contribution in [0.3, 0.4) is 0 Å². The summed E-state index contributed by atoms with van der Waals surface area (Å²) >= 11 is 0. The molecular weight excluding hydrogens is 356 g/mol. The first-order valence-corrected chi connectivity index (χ1v) is 8.78. The molecule has 4 rings (SSSR count). The predicted molar refractivity (Wildman–Crippen MR) is 107 cm³/mol. The number of carbonyl (C=O) groups is 1. The van der Waals surface area contributed by atoms with E-state index >= 15 is 0 Å². The number of anilines is 2. The fourth-order valence-corrected chi connectivity index (χ4v) is 3.12. The lowest BCUT2D eigenvalue weighted by molar-refractivity contribution is 0.102. The van der Waals surface area contributed by atoms with E-state index in [0.29, 0.717) is 22.8 Å². The summed E-state index contributed by atoms with van der Waals surface area (Å²) < 4.78 is 1.62. The summed E-state index contributed by atoms with van der Waals surface area (Å²) in [5, 5.41) is 22.2. The van der Waals surface area contributed by atoms with Crippen LogP contribution in [0.1, 0.15) is 21.6 Å². The van der Waals surface area contributed by atoms with Crippen molar-refractivity contribution in [1.29, 1.82) is 0 Å². The molecule has 0 saturated heterocycles. The number of rotatable bonds is 4. The molecule has 3 heterocycles. The van der Waals surface area contributed by atoms with E-state index in [9.17, 15) is 4.79 Å². The van der Waals surface area contributed by atoms with E-state index in [-0.39, 0.29) is 5.91 Å². The smallest absolute Gasteiger partial charge is 0.274 e. The zero-order valence-corrected chi connectivity index (χ0v) is 16.0. The maximum atomic E-state index is 12.8. The molecule has 0 aliphatic heterocycles. The van der Waals surface area contributed by atoms with Crippen molar-refractivity contribution in [2.45, 2.75) is 13.8 Å². The molecule has 0 aliphatic carbocycles. The average Bonchev–Trinajstić information content (AvgIpc) is 3.29. The maximum Gasteiger partial charge on any atom is 0.274 e. The first-order chi connectivity index (χ1) is 13.5.